The van der Waals surface area contributed by atoms with E-state index in [9.17, 15) is 9.90 Å². The molecule has 0 atom stereocenters. The predicted octanol–water partition coefficient (Wildman–Crippen LogP) is 2.28. The van der Waals surface area contributed by atoms with Crippen molar-refractivity contribution in [2.45, 2.75) is 0 Å². The number of benzene rings is 2. The van der Waals surface area contributed by atoms with E-state index >= 15 is 0 Å². The van der Waals surface area contributed by atoms with Crippen LogP contribution in [0.15, 0.2) is 48.5 Å². The number of nitrogens with zero attached hydrogens (tertiary/aromatic N) is 1. The molecule has 5 heteroatoms. The van der Waals surface area contributed by atoms with Crippen LogP contribution >= 0.6 is 0 Å². The van der Waals surface area contributed by atoms with Gasteiger partial charge < -0.3 is 15.2 Å². The van der Waals surface area contributed by atoms with Crippen LogP contribution in [0.3, 0.4) is 0 Å². The van der Waals surface area contributed by atoms with Gasteiger partial charge in [-0.2, -0.15) is 5.26 Å². The van der Waals surface area contributed by atoms with Gasteiger partial charge in [-0.05, 0) is 24.3 Å². The summed E-state index contributed by atoms with van der Waals surface area (Å²) in [4.78, 5) is 11.7. The summed E-state index contributed by atoms with van der Waals surface area (Å²) < 4.78 is 5.29. The molecule has 0 heterocycles. The largest absolute Gasteiger partial charge is 0.506 e. The summed E-state index contributed by atoms with van der Waals surface area (Å²) in [6, 6.07) is 15.0. The third-order valence-electron chi connectivity index (χ3n) is 2.54. The van der Waals surface area contributed by atoms with Crippen molar-refractivity contribution >= 4 is 11.6 Å². The monoisotopic (exact) mass is 268 g/mol. The molecule has 0 aliphatic heterocycles. The smallest absolute Gasteiger partial charge is 0.262 e. The molecule has 0 saturated carbocycles. The summed E-state index contributed by atoms with van der Waals surface area (Å²) in [5.41, 5.74) is 0.678. The van der Waals surface area contributed by atoms with Gasteiger partial charge in [-0.3, -0.25) is 4.79 Å². The first-order chi connectivity index (χ1) is 9.70. The highest BCUT2D eigenvalue weighted by Crippen LogP contribution is 2.21. The molecule has 0 fully saturated rings. The van der Waals surface area contributed by atoms with E-state index in [1.807, 2.05) is 6.07 Å². The highest BCUT2D eigenvalue weighted by molar-refractivity contribution is 5.93. The SMILES string of the molecule is N#Cc1ccccc1OCC(=O)Nc1ccccc1O. The standard InChI is InChI=1S/C15H12N2O3/c16-9-11-5-1-4-8-14(11)20-10-15(19)17-12-6-2-3-7-13(12)18/h1-8,18H,10H2,(H,17,19). The fourth-order valence-corrected chi connectivity index (χ4v) is 1.59. The second kappa shape index (κ2) is 6.25. The second-order valence-electron chi connectivity index (χ2n) is 3.96. The molecule has 20 heavy (non-hydrogen) atoms. The van der Waals surface area contributed by atoms with E-state index < -0.39 is 5.91 Å². The highest BCUT2D eigenvalue weighted by Gasteiger charge is 2.08. The number of phenolic OH excluding ortho intramolecular Hbond substituents is 1. The van der Waals surface area contributed by atoms with E-state index in [2.05, 4.69) is 5.32 Å². The van der Waals surface area contributed by atoms with Gasteiger partial charge in [-0.15, -0.1) is 0 Å². The van der Waals surface area contributed by atoms with Crippen molar-refractivity contribution in [1.82, 2.24) is 0 Å². The Morgan fingerprint density at radius 3 is 2.65 bits per heavy atom. The summed E-state index contributed by atoms with van der Waals surface area (Å²) in [5, 5.41) is 20.9. The Labute approximate surface area is 116 Å². The minimum absolute atomic E-state index is 0.0155. The summed E-state index contributed by atoms with van der Waals surface area (Å²) in [6.45, 7) is -0.243. The number of anilines is 1. The van der Waals surface area contributed by atoms with Crippen LogP contribution in [0.5, 0.6) is 11.5 Å². The van der Waals surface area contributed by atoms with Gasteiger partial charge in [0.15, 0.2) is 6.61 Å². The van der Waals surface area contributed by atoms with Crippen molar-refractivity contribution in [2.24, 2.45) is 0 Å². The van der Waals surface area contributed by atoms with Gasteiger partial charge in [0, 0.05) is 0 Å². The summed E-state index contributed by atoms with van der Waals surface area (Å²) in [5.74, 6) is -0.0834. The Bertz CT molecular complexity index is 662. The van der Waals surface area contributed by atoms with Crippen LogP contribution in [0.25, 0.3) is 0 Å². The molecule has 2 aromatic carbocycles. The Morgan fingerprint density at radius 1 is 1.20 bits per heavy atom. The first kappa shape index (κ1) is 13.4. The topological polar surface area (TPSA) is 82.3 Å². The molecular formula is C15H12N2O3. The number of aromatic hydroxyl groups is 1. The number of nitriles is 1. The van der Waals surface area contributed by atoms with Gasteiger partial charge in [-0.1, -0.05) is 24.3 Å². The number of amides is 1. The lowest BCUT2D eigenvalue weighted by Crippen LogP contribution is -2.20. The van der Waals surface area contributed by atoms with Crippen molar-refractivity contribution in [3.05, 3.63) is 54.1 Å². The number of nitrogens with one attached hydrogen (secondary N) is 1. The zero-order chi connectivity index (χ0) is 14.4. The highest BCUT2D eigenvalue weighted by atomic mass is 16.5. The van der Waals surface area contributed by atoms with Gasteiger partial charge in [0.05, 0.1) is 11.3 Å². The molecule has 0 radical (unpaired) electrons. The fourth-order valence-electron chi connectivity index (χ4n) is 1.59. The number of rotatable bonds is 4. The van der Waals surface area contributed by atoms with Crippen molar-refractivity contribution in [1.29, 1.82) is 5.26 Å². The molecule has 0 spiro atoms. The zero-order valence-corrected chi connectivity index (χ0v) is 10.5. The van der Waals surface area contributed by atoms with Crippen molar-refractivity contribution < 1.29 is 14.6 Å². The first-order valence-corrected chi connectivity index (χ1v) is 5.90. The lowest BCUT2D eigenvalue weighted by molar-refractivity contribution is -0.118. The number of hydrogen-bond acceptors (Lipinski definition) is 4. The van der Waals surface area contributed by atoms with E-state index in [0.717, 1.165) is 0 Å². The molecule has 5 nitrogen and oxygen atoms in total. The molecule has 0 unspecified atom stereocenters. The molecule has 0 saturated heterocycles. The molecule has 2 aromatic rings. The maximum absolute atomic E-state index is 11.7. The van der Waals surface area contributed by atoms with E-state index in [1.54, 1.807) is 42.5 Å². The summed E-state index contributed by atoms with van der Waals surface area (Å²) in [7, 11) is 0. The third-order valence-corrected chi connectivity index (χ3v) is 2.54. The second-order valence-corrected chi connectivity index (χ2v) is 3.96. The average Bonchev–Trinajstić information content (AvgIpc) is 2.48. The molecule has 0 aliphatic rings. The Hall–Kier alpha value is -3.00. The summed E-state index contributed by atoms with van der Waals surface area (Å²) >= 11 is 0. The maximum atomic E-state index is 11.7. The Balaban J connectivity index is 1.96. The van der Waals surface area contributed by atoms with Gasteiger partial charge in [0.1, 0.15) is 17.6 Å². The number of carbonyl (C=O) groups is 1. The van der Waals surface area contributed by atoms with Crippen LogP contribution in [0.2, 0.25) is 0 Å². The number of carbonyl (C=O) groups excluding carboxylic acids is 1. The molecule has 1 amide bonds. The number of para-hydroxylation sites is 3. The van der Waals surface area contributed by atoms with E-state index in [1.165, 1.54) is 6.07 Å². The van der Waals surface area contributed by atoms with Crippen LogP contribution in [0.1, 0.15) is 5.56 Å². The van der Waals surface area contributed by atoms with Crippen LogP contribution in [0.4, 0.5) is 5.69 Å². The lowest BCUT2D eigenvalue weighted by atomic mass is 10.2. The minimum Gasteiger partial charge on any atom is -0.506 e. The Morgan fingerprint density at radius 2 is 1.90 bits per heavy atom. The average molecular weight is 268 g/mol. The molecule has 0 aromatic heterocycles. The van der Waals surface area contributed by atoms with Crippen LogP contribution in [0, 0.1) is 11.3 Å². The fraction of sp³-hybridized carbons (Fsp3) is 0.0667. The predicted molar refractivity (Wildman–Crippen MR) is 73.4 cm³/mol. The van der Waals surface area contributed by atoms with Crippen LogP contribution < -0.4 is 10.1 Å². The molecule has 2 rings (SSSR count). The maximum Gasteiger partial charge on any atom is 0.262 e. The number of hydrogen-bond donors (Lipinski definition) is 2. The normalized spacial score (nSPS) is 9.55. The van der Waals surface area contributed by atoms with Gasteiger partial charge in [0.25, 0.3) is 5.91 Å². The van der Waals surface area contributed by atoms with Gasteiger partial charge in [0.2, 0.25) is 0 Å². The lowest BCUT2D eigenvalue weighted by Gasteiger charge is -2.09. The molecule has 2 N–H and O–H groups in total. The van der Waals surface area contributed by atoms with Crippen molar-refractivity contribution in [2.75, 3.05) is 11.9 Å². The van der Waals surface area contributed by atoms with E-state index in [0.29, 0.717) is 17.0 Å². The molecule has 100 valence electrons. The van der Waals surface area contributed by atoms with Gasteiger partial charge in [-0.25, -0.2) is 0 Å². The minimum atomic E-state index is -0.417. The Kier molecular flexibility index (Phi) is 4.20. The number of phenols is 1. The van der Waals surface area contributed by atoms with E-state index in [4.69, 9.17) is 10.00 Å². The quantitative estimate of drug-likeness (QED) is 0.833. The van der Waals surface area contributed by atoms with Crippen LogP contribution in [-0.4, -0.2) is 17.6 Å². The van der Waals surface area contributed by atoms with Crippen LogP contribution in [-0.2, 0) is 4.79 Å². The first-order valence-electron chi connectivity index (χ1n) is 5.90. The van der Waals surface area contributed by atoms with Crippen molar-refractivity contribution in [3.63, 3.8) is 0 Å². The molecular weight excluding hydrogens is 256 g/mol. The number of ether oxygens (including phenoxy) is 1. The van der Waals surface area contributed by atoms with Crippen molar-refractivity contribution in [3.8, 4) is 17.6 Å². The third kappa shape index (κ3) is 3.27. The zero-order valence-electron chi connectivity index (χ0n) is 10.5. The van der Waals surface area contributed by atoms with Gasteiger partial charge >= 0.3 is 0 Å². The van der Waals surface area contributed by atoms with E-state index in [-0.39, 0.29) is 12.4 Å². The molecule has 0 aliphatic carbocycles. The summed E-state index contributed by atoms with van der Waals surface area (Å²) in [6.07, 6.45) is 0. The molecule has 0 bridgehead atoms.